The molecule has 4 rings (SSSR count). The van der Waals surface area contributed by atoms with Gasteiger partial charge in [0, 0.05) is 10.7 Å². The maximum absolute atomic E-state index is 13.7. The summed E-state index contributed by atoms with van der Waals surface area (Å²) in [5.41, 5.74) is 3.05. The molecule has 0 fully saturated rings. The number of rotatable bonds is 5. The van der Waals surface area contributed by atoms with Crippen molar-refractivity contribution in [3.8, 4) is 0 Å². The number of anilines is 1. The summed E-state index contributed by atoms with van der Waals surface area (Å²) in [6, 6.07) is 20.1. The molecule has 1 N–H and O–H groups in total. The number of halogens is 2. The molecule has 1 aliphatic rings. The third-order valence-corrected chi connectivity index (χ3v) is 5.26. The van der Waals surface area contributed by atoms with Gasteiger partial charge in [-0.3, -0.25) is 14.5 Å². The highest BCUT2D eigenvalue weighted by atomic mass is 35.5. The van der Waals surface area contributed by atoms with Crippen LogP contribution in [0.3, 0.4) is 0 Å². The number of amides is 2. The van der Waals surface area contributed by atoms with E-state index in [-0.39, 0.29) is 17.8 Å². The summed E-state index contributed by atoms with van der Waals surface area (Å²) in [7, 11) is 0. The van der Waals surface area contributed by atoms with Crippen LogP contribution in [-0.4, -0.2) is 16.7 Å². The summed E-state index contributed by atoms with van der Waals surface area (Å²) in [5, 5.41) is 3.42. The van der Waals surface area contributed by atoms with Crippen molar-refractivity contribution in [2.75, 3.05) is 5.32 Å². The highest BCUT2D eigenvalue weighted by Crippen LogP contribution is 2.32. The zero-order valence-electron chi connectivity index (χ0n) is 16.2. The van der Waals surface area contributed by atoms with Gasteiger partial charge in [0.25, 0.3) is 11.8 Å². The molecule has 0 saturated carbocycles. The van der Waals surface area contributed by atoms with Crippen LogP contribution in [0.5, 0.6) is 0 Å². The Bertz CT molecular complexity index is 1170. The van der Waals surface area contributed by atoms with E-state index in [0.29, 0.717) is 21.8 Å². The lowest BCUT2D eigenvalue weighted by Gasteiger charge is -2.16. The van der Waals surface area contributed by atoms with Crippen LogP contribution in [0.2, 0.25) is 5.02 Å². The second-order valence-electron chi connectivity index (χ2n) is 7.04. The summed E-state index contributed by atoms with van der Waals surface area (Å²) in [6.45, 7) is 1.98. The van der Waals surface area contributed by atoms with Crippen molar-refractivity contribution in [2.45, 2.75) is 13.5 Å². The Balaban J connectivity index is 1.76. The van der Waals surface area contributed by atoms with Crippen LogP contribution in [0.4, 0.5) is 10.1 Å². The van der Waals surface area contributed by atoms with E-state index in [1.165, 1.54) is 18.2 Å². The fourth-order valence-corrected chi connectivity index (χ4v) is 3.53. The van der Waals surface area contributed by atoms with Gasteiger partial charge in [-0.05, 0) is 42.3 Å². The minimum Gasteiger partial charge on any atom is -0.350 e. The molecule has 0 aromatic heterocycles. The van der Waals surface area contributed by atoms with Crippen molar-refractivity contribution in [3.63, 3.8) is 0 Å². The Labute approximate surface area is 178 Å². The van der Waals surface area contributed by atoms with E-state index in [1.54, 1.807) is 42.5 Å². The number of nitrogens with zero attached hydrogens (tertiary/aromatic N) is 1. The van der Waals surface area contributed by atoms with Crippen LogP contribution in [0, 0.1) is 12.7 Å². The Kier molecular flexibility index (Phi) is 5.38. The standard InChI is InChI=1S/C24H18ClFN2O2/c1-15-9-11-16(12-10-15)21-22(27-19-7-4-6-18(26)13-19)24(30)28(23(21)29)14-17-5-2-3-8-20(17)25/h2-13,27H,14H2,1H3. The SMILES string of the molecule is Cc1ccc(C2=C(Nc3cccc(F)c3)C(=O)N(Cc3ccccc3Cl)C2=O)cc1. The first-order valence-electron chi connectivity index (χ1n) is 9.37. The summed E-state index contributed by atoms with van der Waals surface area (Å²) >= 11 is 6.23. The van der Waals surface area contributed by atoms with E-state index in [0.717, 1.165) is 10.5 Å². The highest BCUT2D eigenvalue weighted by molar-refractivity contribution is 6.36. The first-order valence-corrected chi connectivity index (χ1v) is 9.75. The first kappa shape index (κ1) is 19.9. The molecule has 0 saturated heterocycles. The van der Waals surface area contributed by atoms with Crippen molar-refractivity contribution in [1.29, 1.82) is 0 Å². The second-order valence-corrected chi connectivity index (χ2v) is 7.45. The molecule has 0 aliphatic carbocycles. The van der Waals surface area contributed by atoms with Gasteiger partial charge in [0.2, 0.25) is 0 Å². The summed E-state index contributed by atoms with van der Waals surface area (Å²) < 4.78 is 13.7. The number of benzene rings is 3. The molecule has 0 radical (unpaired) electrons. The number of carbonyl (C=O) groups excluding carboxylic acids is 2. The lowest BCUT2D eigenvalue weighted by atomic mass is 10.0. The van der Waals surface area contributed by atoms with Crippen molar-refractivity contribution in [2.24, 2.45) is 0 Å². The summed E-state index contributed by atoms with van der Waals surface area (Å²) in [6.07, 6.45) is 0. The average molecular weight is 421 g/mol. The van der Waals surface area contributed by atoms with E-state index in [4.69, 9.17) is 11.6 Å². The van der Waals surface area contributed by atoms with Crippen LogP contribution in [0.15, 0.2) is 78.5 Å². The Morgan fingerprint density at radius 3 is 2.37 bits per heavy atom. The van der Waals surface area contributed by atoms with Crippen LogP contribution in [0.25, 0.3) is 5.57 Å². The van der Waals surface area contributed by atoms with Gasteiger partial charge in [0.05, 0.1) is 12.1 Å². The van der Waals surface area contributed by atoms with Crippen LogP contribution >= 0.6 is 11.6 Å². The molecule has 1 aliphatic heterocycles. The fraction of sp³-hybridized carbons (Fsp3) is 0.0833. The van der Waals surface area contributed by atoms with Gasteiger partial charge in [0.1, 0.15) is 11.5 Å². The molecule has 30 heavy (non-hydrogen) atoms. The van der Waals surface area contributed by atoms with E-state index in [9.17, 15) is 14.0 Å². The molecule has 0 bridgehead atoms. The van der Waals surface area contributed by atoms with Gasteiger partial charge in [-0.2, -0.15) is 0 Å². The van der Waals surface area contributed by atoms with Gasteiger partial charge in [0.15, 0.2) is 0 Å². The third kappa shape index (κ3) is 3.84. The van der Waals surface area contributed by atoms with Crippen molar-refractivity contribution in [1.82, 2.24) is 4.90 Å². The summed E-state index contributed by atoms with van der Waals surface area (Å²) in [4.78, 5) is 27.6. The average Bonchev–Trinajstić information content (AvgIpc) is 2.95. The van der Waals surface area contributed by atoms with Crippen LogP contribution in [0.1, 0.15) is 16.7 Å². The minimum atomic E-state index is -0.486. The molecule has 150 valence electrons. The molecule has 0 unspecified atom stereocenters. The van der Waals surface area contributed by atoms with E-state index in [2.05, 4.69) is 5.32 Å². The fourth-order valence-electron chi connectivity index (χ4n) is 3.33. The molecule has 0 atom stereocenters. The molecule has 6 heteroatoms. The normalized spacial score (nSPS) is 13.9. The van der Waals surface area contributed by atoms with Gasteiger partial charge < -0.3 is 5.32 Å². The lowest BCUT2D eigenvalue weighted by Crippen LogP contribution is -2.32. The first-order chi connectivity index (χ1) is 14.4. The maximum Gasteiger partial charge on any atom is 0.278 e. The molecule has 3 aromatic rings. The second kappa shape index (κ2) is 8.13. The number of nitrogens with one attached hydrogen (secondary N) is 1. The van der Waals surface area contributed by atoms with Gasteiger partial charge in [-0.25, -0.2) is 4.39 Å². The van der Waals surface area contributed by atoms with E-state index < -0.39 is 17.6 Å². The minimum absolute atomic E-state index is 0.0427. The molecule has 4 nitrogen and oxygen atoms in total. The smallest absolute Gasteiger partial charge is 0.278 e. The third-order valence-electron chi connectivity index (χ3n) is 4.89. The molecule has 0 spiro atoms. The van der Waals surface area contributed by atoms with Gasteiger partial charge in [-0.1, -0.05) is 65.7 Å². The molecule has 3 aromatic carbocycles. The monoisotopic (exact) mass is 420 g/mol. The van der Waals surface area contributed by atoms with E-state index in [1.807, 2.05) is 19.1 Å². The lowest BCUT2D eigenvalue weighted by molar-refractivity contribution is -0.137. The number of aryl methyl sites for hydroxylation is 1. The Morgan fingerprint density at radius 1 is 0.933 bits per heavy atom. The van der Waals surface area contributed by atoms with Gasteiger partial charge >= 0.3 is 0 Å². The number of hydrogen-bond donors (Lipinski definition) is 1. The van der Waals surface area contributed by atoms with Gasteiger partial charge in [-0.15, -0.1) is 0 Å². The maximum atomic E-state index is 13.7. The number of hydrogen-bond acceptors (Lipinski definition) is 3. The predicted molar refractivity (Wildman–Crippen MR) is 115 cm³/mol. The predicted octanol–water partition coefficient (Wildman–Crippen LogP) is 5.18. The Hall–Kier alpha value is -3.44. The molecule has 2 amide bonds. The zero-order valence-corrected chi connectivity index (χ0v) is 16.9. The van der Waals surface area contributed by atoms with E-state index >= 15 is 0 Å². The van der Waals surface area contributed by atoms with Crippen LogP contribution in [-0.2, 0) is 16.1 Å². The van der Waals surface area contributed by atoms with Crippen molar-refractivity contribution < 1.29 is 14.0 Å². The van der Waals surface area contributed by atoms with Crippen molar-refractivity contribution in [3.05, 3.63) is 106 Å². The zero-order chi connectivity index (χ0) is 21.3. The number of carbonyl (C=O) groups is 2. The molecular formula is C24H18ClFN2O2. The molecule has 1 heterocycles. The topological polar surface area (TPSA) is 49.4 Å². The largest absolute Gasteiger partial charge is 0.350 e. The Morgan fingerprint density at radius 2 is 1.67 bits per heavy atom. The van der Waals surface area contributed by atoms with Crippen molar-refractivity contribution >= 4 is 34.7 Å². The number of imide groups is 1. The quantitative estimate of drug-likeness (QED) is 0.578. The summed E-state index contributed by atoms with van der Waals surface area (Å²) in [5.74, 6) is -1.36. The van der Waals surface area contributed by atoms with Crippen LogP contribution < -0.4 is 5.32 Å². The highest BCUT2D eigenvalue weighted by Gasteiger charge is 2.39. The molecular weight excluding hydrogens is 403 g/mol.